The van der Waals surface area contributed by atoms with E-state index in [1.54, 1.807) is 19.1 Å². The zero-order valence-corrected chi connectivity index (χ0v) is 15.4. The van der Waals surface area contributed by atoms with Gasteiger partial charge >= 0.3 is 6.09 Å². The average Bonchev–Trinajstić information content (AvgIpc) is 3.21. The molecule has 2 heterocycles. The predicted molar refractivity (Wildman–Crippen MR) is 99.0 cm³/mol. The molecule has 0 saturated carbocycles. The maximum absolute atomic E-state index is 13.1. The predicted octanol–water partition coefficient (Wildman–Crippen LogP) is 2.79. The molecule has 2 N–H and O–H groups in total. The summed E-state index contributed by atoms with van der Waals surface area (Å²) in [6, 6.07) is 13.0. The molecule has 2 aromatic rings. The van der Waals surface area contributed by atoms with E-state index in [-0.39, 0.29) is 24.2 Å². The summed E-state index contributed by atoms with van der Waals surface area (Å²) in [6.45, 7) is 2.24. The Morgan fingerprint density at radius 2 is 1.75 bits per heavy atom. The van der Waals surface area contributed by atoms with Gasteiger partial charge in [0.2, 0.25) is 5.91 Å². The number of benzene rings is 2. The van der Waals surface area contributed by atoms with Crippen LogP contribution in [0.1, 0.15) is 35.8 Å². The Morgan fingerprint density at radius 3 is 2.43 bits per heavy atom. The summed E-state index contributed by atoms with van der Waals surface area (Å²) >= 11 is 0. The summed E-state index contributed by atoms with van der Waals surface area (Å²) in [5.74, 6) is -0.590. The van der Waals surface area contributed by atoms with Crippen LogP contribution in [-0.2, 0) is 20.7 Å². The van der Waals surface area contributed by atoms with Crippen molar-refractivity contribution < 1.29 is 23.5 Å². The van der Waals surface area contributed by atoms with Gasteiger partial charge in [-0.3, -0.25) is 4.79 Å². The second-order valence-corrected chi connectivity index (χ2v) is 6.90. The van der Waals surface area contributed by atoms with Crippen LogP contribution in [0.2, 0.25) is 0 Å². The maximum atomic E-state index is 13.1. The van der Waals surface area contributed by atoms with E-state index in [1.807, 2.05) is 24.3 Å². The number of carbonyl (C=O) groups excluding carboxylic acids is 2. The van der Waals surface area contributed by atoms with Crippen molar-refractivity contribution in [1.82, 2.24) is 10.6 Å². The van der Waals surface area contributed by atoms with Crippen LogP contribution >= 0.6 is 0 Å². The van der Waals surface area contributed by atoms with E-state index in [9.17, 15) is 14.0 Å². The molecular weight excluding hydrogens is 363 g/mol. The van der Waals surface area contributed by atoms with Gasteiger partial charge in [-0.05, 0) is 35.7 Å². The highest BCUT2D eigenvalue weighted by Crippen LogP contribution is 2.51. The molecule has 0 unspecified atom stereocenters. The number of carbonyl (C=O) groups is 2. The number of halogens is 1. The lowest BCUT2D eigenvalue weighted by molar-refractivity contribution is -0.122. The monoisotopic (exact) mass is 384 g/mol. The first-order chi connectivity index (χ1) is 13.6. The standard InChI is InChI=1S/C21H21FN2O4/c1-2-23-21(26)28-20-17(18-14-5-3-4-6-15(14)19(20)27-18)24-16(25)11-12-7-9-13(22)10-8-12/h3-10,17-20H,2,11H2,1H3,(H,23,26)(H,24,25)/t17-,18+,19-,20+/m1/s1. The Hall–Kier alpha value is -2.93. The van der Waals surface area contributed by atoms with E-state index < -0.39 is 24.3 Å². The zero-order chi connectivity index (χ0) is 19.7. The molecule has 2 bridgehead atoms. The lowest BCUT2D eigenvalue weighted by atomic mass is 9.86. The van der Waals surface area contributed by atoms with Gasteiger partial charge in [0.05, 0.1) is 12.5 Å². The number of amides is 2. The Balaban J connectivity index is 1.52. The molecule has 1 saturated heterocycles. The number of nitrogens with one attached hydrogen (secondary N) is 2. The van der Waals surface area contributed by atoms with Crippen LogP contribution in [0.4, 0.5) is 9.18 Å². The molecule has 2 amide bonds. The van der Waals surface area contributed by atoms with E-state index in [2.05, 4.69) is 10.6 Å². The molecule has 2 aliphatic rings. The highest BCUT2D eigenvalue weighted by Gasteiger charge is 2.55. The van der Waals surface area contributed by atoms with Gasteiger partial charge in [-0.15, -0.1) is 0 Å². The molecule has 4 atom stereocenters. The molecule has 4 rings (SSSR count). The van der Waals surface area contributed by atoms with E-state index in [1.165, 1.54) is 12.1 Å². The van der Waals surface area contributed by atoms with Crippen molar-refractivity contribution in [2.75, 3.05) is 6.54 Å². The summed E-state index contributed by atoms with van der Waals surface area (Å²) in [5.41, 5.74) is 2.67. The first-order valence-electron chi connectivity index (χ1n) is 9.29. The van der Waals surface area contributed by atoms with Crippen LogP contribution in [0.3, 0.4) is 0 Å². The first-order valence-corrected chi connectivity index (χ1v) is 9.29. The van der Waals surface area contributed by atoms with Crippen LogP contribution in [0.5, 0.6) is 0 Å². The van der Waals surface area contributed by atoms with Crippen LogP contribution in [-0.4, -0.2) is 30.7 Å². The van der Waals surface area contributed by atoms with E-state index in [0.717, 1.165) is 11.1 Å². The minimum atomic E-state index is -0.622. The van der Waals surface area contributed by atoms with Crippen LogP contribution in [0.15, 0.2) is 48.5 Å². The molecule has 0 spiro atoms. The summed E-state index contributed by atoms with van der Waals surface area (Å²) in [6.07, 6.45) is -1.86. The SMILES string of the molecule is CCNC(=O)O[C@H]1[C@H](NC(=O)Cc2ccc(F)cc2)[C@H]2O[C@@H]1c1ccccc12. The number of rotatable bonds is 5. The maximum Gasteiger partial charge on any atom is 0.407 e. The molecule has 0 aromatic heterocycles. The minimum Gasteiger partial charge on any atom is -0.441 e. The summed E-state index contributed by atoms with van der Waals surface area (Å²) in [7, 11) is 0. The van der Waals surface area contributed by atoms with E-state index in [0.29, 0.717) is 12.1 Å². The largest absolute Gasteiger partial charge is 0.441 e. The summed E-state index contributed by atoms with van der Waals surface area (Å²) in [5, 5.41) is 5.56. The van der Waals surface area contributed by atoms with E-state index in [4.69, 9.17) is 9.47 Å². The van der Waals surface area contributed by atoms with Crippen LogP contribution in [0, 0.1) is 5.82 Å². The van der Waals surface area contributed by atoms with Gasteiger partial charge in [-0.1, -0.05) is 36.4 Å². The van der Waals surface area contributed by atoms with Crippen molar-refractivity contribution in [3.8, 4) is 0 Å². The fourth-order valence-corrected chi connectivity index (χ4v) is 3.85. The number of fused-ring (bicyclic) bond motifs is 5. The topological polar surface area (TPSA) is 76.7 Å². The highest BCUT2D eigenvalue weighted by molar-refractivity contribution is 5.79. The number of ether oxygens (including phenoxy) is 2. The quantitative estimate of drug-likeness (QED) is 0.831. The van der Waals surface area contributed by atoms with Crippen molar-refractivity contribution in [2.24, 2.45) is 0 Å². The lowest BCUT2D eigenvalue weighted by Gasteiger charge is -2.30. The van der Waals surface area contributed by atoms with Gasteiger partial charge in [-0.25, -0.2) is 9.18 Å². The van der Waals surface area contributed by atoms with Crippen LogP contribution < -0.4 is 10.6 Å². The number of alkyl carbamates (subject to hydrolysis) is 1. The van der Waals surface area contributed by atoms with Crippen molar-refractivity contribution in [2.45, 2.75) is 37.7 Å². The molecular formula is C21H21FN2O4. The highest BCUT2D eigenvalue weighted by atomic mass is 19.1. The Morgan fingerprint density at radius 1 is 1.07 bits per heavy atom. The third-order valence-electron chi connectivity index (χ3n) is 5.05. The summed E-state index contributed by atoms with van der Waals surface area (Å²) in [4.78, 5) is 24.6. The van der Waals surface area contributed by atoms with Gasteiger partial charge in [-0.2, -0.15) is 0 Å². The number of hydrogen-bond acceptors (Lipinski definition) is 4. The third kappa shape index (κ3) is 3.45. The van der Waals surface area contributed by atoms with Crippen LogP contribution in [0.25, 0.3) is 0 Å². The smallest absolute Gasteiger partial charge is 0.407 e. The van der Waals surface area contributed by atoms with Gasteiger partial charge in [0.25, 0.3) is 0 Å². The molecule has 1 fully saturated rings. The Kier molecular flexibility index (Phi) is 5.00. The molecule has 2 aliphatic heterocycles. The first kappa shape index (κ1) is 18.4. The van der Waals surface area contributed by atoms with Crippen molar-refractivity contribution in [3.05, 3.63) is 71.0 Å². The normalized spacial score (nSPS) is 24.5. The summed E-state index contributed by atoms with van der Waals surface area (Å²) < 4.78 is 24.7. The van der Waals surface area contributed by atoms with Crippen molar-refractivity contribution in [3.63, 3.8) is 0 Å². The van der Waals surface area contributed by atoms with Gasteiger partial charge in [0.1, 0.15) is 18.0 Å². The van der Waals surface area contributed by atoms with Crippen molar-refractivity contribution >= 4 is 12.0 Å². The molecule has 2 aromatic carbocycles. The minimum absolute atomic E-state index is 0.101. The third-order valence-corrected chi connectivity index (χ3v) is 5.05. The zero-order valence-electron chi connectivity index (χ0n) is 15.4. The Bertz CT molecular complexity index is 886. The second kappa shape index (κ2) is 7.59. The lowest BCUT2D eigenvalue weighted by Crippen LogP contribution is -2.49. The fourth-order valence-electron chi connectivity index (χ4n) is 3.85. The van der Waals surface area contributed by atoms with Gasteiger partial charge in [0.15, 0.2) is 6.10 Å². The number of hydrogen-bond donors (Lipinski definition) is 2. The molecule has 0 radical (unpaired) electrons. The second-order valence-electron chi connectivity index (χ2n) is 6.90. The fraction of sp³-hybridized carbons (Fsp3) is 0.333. The Labute approximate surface area is 162 Å². The van der Waals surface area contributed by atoms with E-state index >= 15 is 0 Å². The van der Waals surface area contributed by atoms with Gasteiger partial charge < -0.3 is 20.1 Å². The molecule has 0 aliphatic carbocycles. The average molecular weight is 384 g/mol. The molecule has 28 heavy (non-hydrogen) atoms. The van der Waals surface area contributed by atoms with Gasteiger partial charge in [0, 0.05) is 6.54 Å². The molecule has 146 valence electrons. The van der Waals surface area contributed by atoms with Crippen molar-refractivity contribution in [1.29, 1.82) is 0 Å². The molecule has 7 heteroatoms. The molecule has 6 nitrogen and oxygen atoms in total.